The largest absolute Gasteiger partial charge is 0.278 e. The van der Waals surface area contributed by atoms with Crippen molar-refractivity contribution in [3.63, 3.8) is 0 Å². The van der Waals surface area contributed by atoms with E-state index in [4.69, 9.17) is 10.5 Å². The van der Waals surface area contributed by atoms with Crippen LogP contribution in [-0.2, 0) is 10.0 Å². The first-order valence-corrected chi connectivity index (χ1v) is 8.12. The van der Waals surface area contributed by atoms with Gasteiger partial charge in [-0.15, -0.1) is 0 Å². The summed E-state index contributed by atoms with van der Waals surface area (Å²) in [5.41, 5.74) is 3.75. The van der Waals surface area contributed by atoms with Crippen LogP contribution >= 0.6 is 0 Å². The molecule has 2 aromatic rings. The number of aryl methyl sites for hydroxylation is 1. The Bertz CT molecular complexity index is 919. The molecule has 1 heterocycles. The number of nitriles is 2. The molecule has 0 saturated carbocycles. The number of aromatic nitrogens is 1. The van der Waals surface area contributed by atoms with Crippen molar-refractivity contribution >= 4 is 27.1 Å². The number of sulfonamides is 1. The van der Waals surface area contributed by atoms with E-state index < -0.39 is 10.0 Å². The zero-order valence-corrected chi connectivity index (χ0v) is 13.4. The number of benzene rings is 1. The highest BCUT2D eigenvalue weighted by atomic mass is 32.2. The summed E-state index contributed by atoms with van der Waals surface area (Å²) in [6, 6.07) is 12.2. The lowest BCUT2D eigenvalue weighted by Crippen LogP contribution is -2.13. The van der Waals surface area contributed by atoms with E-state index in [0.717, 1.165) is 5.69 Å². The topological polar surface area (TPSA) is 131 Å². The van der Waals surface area contributed by atoms with Crippen LogP contribution in [0.5, 0.6) is 0 Å². The van der Waals surface area contributed by atoms with Crippen LogP contribution in [-0.4, -0.2) is 19.1 Å². The van der Waals surface area contributed by atoms with Crippen molar-refractivity contribution in [2.45, 2.75) is 11.8 Å². The van der Waals surface area contributed by atoms with Gasteiger partial charge in [-0.05, 0) is 43.3 Å². The SMILES string of the molecule is Cc1ccc(NS(=O)(=O)c2ccc(NN=C(C#N)C#N)cc2)cn1. The second-order valence-corrected chi connectivity index (χ2v) is 6.30. The Morgan fingerprint density at radius 2 is 1.71 bits per heavy atom. The van der Waals surface area contributed by atoms with Crippen LogP contribution in [0, 0.1) is 29.6 Å². The second kappa shape index (κ2) is 7.22. The Morgan fingerprint density at radius 1 is 1.08 bits per heavy atom. The van der Waals surface area contributed by atoms with Crippen LogP contribution < -0.4 is 10.1 Å². The number of hydrogen-bond donors (Lipinski definition) is 2. The monoisotopic (exact) mass is 340 g/mol. The summed E-state index contributed by atoms with van der Waals surface area (Å²) in [4.78, 5) is 4.08. The number of hydrazone groups is 1. The highest BCUT2D eigenvalue weighted by Crippen LogP contribution is 2.18. The van der Waals surface area contributed by atoms with Gasteiger partial charge in [-0.2, -0.15) is 15.6 Å². The number of anilines is 2. The van der Waals surface area contributed by atoms with Gasteiger partial charge in [0.05, 0.1) is 22.5 Å². The molecule has 0 unspecified atom stereocenters. The predicted octanol–water partition coefficient (Wildman–Crippen LogP) is 2.01. The minimum atomic E-state index is -3.74. The van der Waals surface area contributed by atoms with Crippen LogP contribution in [0.1, 0.15) is 5.69 Å². The highest BCUT2D eigenvalue weighted by molar-refractivity contribution is 7.92. The van der Waals surface area contributed by atoms with E-state index in [0.29, 0.717) is 11.4 Å². The van der Waals surface area contributed by atoms with Crippen LogP contribution in [0.3, 0.4) is 0 Å². The number of nitrogens with zero attached hydrogens (tertiary/aromatic N) is 4. The van der Waals surface area contributed by atoms with E-state index in [1.54, 1.807) is 31.2 Å². The molecule has 0 bridgehead atoms. The molecular weight excluding hydrogens is 328 g/mol. The first kappa shape index (κ1) is 16.9. The van der Waals surface area contributed by atoms with Crippen molar-refractivity contribution in [2.75, 3.05) is 10.1 Å². The molecule has 0 atom stereocenters. The summed E-state index contributed by atoms with van der Waals surface area (Å²) in [7, 11) is -3.74. The van der Waals surface area contributed by atoms with Gasteiger partial charge in [0.15, 0.2) is 0 Å². The van der Waals surface area contributed by atoms with E-state index in [9.17, 15) is 8.42 Å². The molecule has 1 aromatic carbocycles. The molecule has 2 N–H and O–H groups in total. The van der Waals surface area contributed by atoms with Gasteiger partial charge in [0.25, 0.3) is 10.0 Å². The molecule has 0 amide bonds. The lowest BCUT2D eigenvalue weighted by molar-refractivity contribution is 0.601. The predicted molar refractivity (Wildman–Crippen MR) is 88.5 cm³/mol. The van der Waals surface area contributed by atoms with Gasteiger partial charge < -0.3 is 0 Å². The summed E-state index contributed by atoms with van der Waals surface area (Å²) in [5.74, 6) is 0. The maximum Gasteiger partial charge on any atom is 0.261 e. The minimum absolute atomic E-state index is 0.0541. The Morgan fingerprint density at radius 3 is 2.25 bits per heavy atom. The zero-order chi connectivity index (χ0) is 17.6. The van der Waals surface area contributed by atoms with Gasteiger partial charge in [0, 0.05) is 5.69 Å². The second-order valence-electron chi connectivity index (χ2n) is 4.61. The molecule has 8 nitrogen and oxygen atoms in total. The van der Waals surface area contributed by atoms with Crippen molar-refractivity contribution in [1.29, 1.82) is 10.5 Å². The molecule has 1 aromatic heterocycles. The first-order valence-electron chi connectivity index (χ1n) is 6.64. The van der Waals surface area contributed by atoms with Crippen LogP contribution in [0.15, 0.2) is 52.6 Å². The molecule has 0 aliphatic carbocycles. The third-order valence-electron chi connectivity index (χ3n) is 2.84. The van der Waals surface area contributed by atoms with Crippen molar-refractivity contribution in [2.24, 2.45) is 5.10 Å². The lowest BCUT2D eigenvalue weighted by Gasteiger charge is -2.08. The average Bonchev–Trinajstić information content (AvgIpc) is 2.58. The Hall–Kier alpha value is -3.43. The number of rotatable bonds is 5. The third-order valence-corrected chi connectivity index (χ3v) is 4.23. The molecule has 0 saturated heterocycles. The van der Waals surface area contributed by atoms with Crippen LogP contribution in [0.25, 0.3) is 0 Å². The van der Waals surface area contributed by atoms with Crippen LogP contribution in [0.2, 0.25) is 0 Å². The third kappa shape index (κ3) is 4.29. The Labute approximate surface area is 139 Å². The molecule has 0 aliphatic heterocycles. The summed E-state index contributed by atoms with van der Waals surface area (Å²) in [6.07, 6.45) is 1.43. The summed E-state index contributed by atoms with van der Waals surface area (Å²) in [5, 5.41) is 20.7. The molecule has 0 radical (unpaired) electrons. The molecule has 120 valence electrons. The standard InChI is InChI=1S/C15H12N6O2S/c1-11-2-3-13(10-18-11)21-24(22,23)15-6-4-12(5-7-15)19-20-14(8-16)9-17/h2-7,10,19,21H,1H3. The van der Waals surface area contributed by atoms with Gasteiger partial charge >= 0.3 is 0 Å². The first-order chi connectivity index (χ1) is 11.4. The summed E-state index contributed by atoms with van der Waals surface area (Å²) in [6.45, 7) is 1.80. The molecule has 0 fully saturated rings. The van der Waals surface area contributed by atoms with E-state index in [1.807, 2.05) is 0 Å². The molecule has 9 heteroatoms. The average molecular weight is 340 g/mol. The van der Waals surface area contributed by atoms with Gasteiger partial charge in [-0.3, -0.25) is 15.1 Å². The van der Waals surface area contributed by atoms with E-state index in [1.165, 1.54) is 30.5 Å². The van der Waals surface area contributed by atoms with Gasteiger partial charge in [0.2, 0.25) is 5.71 Å². The Kier molecular flexibility index (Phi) is 5.09. The van der Waals surface area contributed by atoms with Gasteiger partial charge in [-0.1, -0.05) is 0 Å². The lowest BCUT2D eigenvalue weighted by atomic mass is 10.3. The number of pyridine rings is 1. The maximum atomic E-state index is 12.3. The molecule has 0 spiro atoms. The van der Waals surface area contributed by atoms with Gasteiger partial charge in [0.1, 0.15) is 12.1 Å². The van der Waals surface area contributed by atoms with Crippen LogP contribution in [0.4, 0.5) is 11.4 Å². The van der Waals surface area contributed by atoms with Crippen molar-refractivity contribution in [3.8, 4) is 12.1 Å². The van der Waals surface area contributed by atoms with Crippen molar-refractivity contribution in [1.82, 2.24) is 4.98 Å². The van der Waals surface area contributed by atoms with E-state index >= 15 is 0 Å². The maximum absolute atomic E-state index is 12.3. The quantitative estimate of drug-likeness (QED) is 0.632. The van der Waals surface area contributed by atoms with E-state index in [-0.39, 0.29) is 10.6 Å². The van der Waals surface area contributed by atoms with Gasteiger partial charge in [-0.25, -0.2) is 8.42 Å². The fraction of sp³-hybridized carbons (Fsp3) is 0.0667. The zero-order valence-electron chi connectivity index (χ0n) is 12.6. The Balaban J connectivity index is 2.14. The molecule has 0 aliphatic rings. The molecular formula is C15H12N6O2S. The fourth-order valence-corrected chi connectivity index (χ4v) is 2.69. The van der Waals surface area contributed by atoms with Crippen molar-refractivity contribution < 1.29 is 8.42 Å². The minimum Gasteiger partial charge on any atom is -0.278 e. The smallest absolute Gasteiger partial charge is 0.261 e. The number of nitrogens with one attached hydrogen (secondary N) is 2. The molecule has 24 heavy (non-hydrogen) atoms. The van der Waals surface area contributed by atoms with E-state index in [2.05, 4.69) is 20.2 Å². The normalized spacial score (nSPS) is 10.1. The highest BCUT2D eigenvalue weighted by Gasteiger charge is 2.14. The summed E-state index contributed by atoms with van der Waals surface area (Å²) >= 11 is 0. The number of hydrogen-bond acceptors (Lipinski definition) is 7. The summed E-state index contributed by atoms with van der Waals surface area (Å²) < 4.78 is 27.0. The molecule has 2 rings (SSSR count). The fourth-order valence-electron chi connectivity index (χ4n) is 1.65. The van der Waals surface area contributed by atoms with Crippen molar-refractivity contribution in [3.05, 3.63) is 48.3 Å².